The first-order chi connectivity index (χ1) is 27.8. The van der Waals surface area contributed by atoms with Crippen molar-refractivity contribution in [2.45, 2.75) is 0 Å². The van der Waals surface area contributed by atoms with Crippen molar-refractivity contribution >= 4 is 43.7 Å². The second-order valence-electron chi connectivity index (χ2n) is 14.0. The first-order valence-corrected chi connectivity index (χ1v) is 18.8. The number of nitrogens with zero attached hydrogens (tertiary/aromatic N) is 4. The molecule has 0 fully saturated rings. The van der Waals surface area contributed by atoms with Gasteiger partial charge in [0.05, 0.1) is 11.0 Å². The highest BCUT2D eigenvalue weighted by Crippen LogP contribution is 2.40. The molecule has 0 N–H and O–H groups in total. The molecule has 11 aromatic rings. The summed E-state index contributed by atoms with van der Waals surface area (Å²) >= 11 is 0. The standard InChI is InChI=1S/C51H32N4O/c1-4-15-33(16-5-1)38-21-10-11-22-41(38)51-53-49(35-19-8-3-9-20-35)52-50(54-51)36-27-30-46-43(31-36)40-29-28-37(32-47(40)56-46)55-44-25-13-12-23-42(44)48-39(24-14-26-45(48)55)34-17-6-2-7-18-34/h1-32H. The number of fused-ring (bicyclic) bond motifs is 6. The van der Waals surface area contributed by atoms with E-state index in [4.69, 9.17) is 19.4 Å². The lowest BCUT2D eigenvalue weighted by Gasteiger charge is -2.12. The largest absolute Gasteiger partial charge is 0.456 e. The summed E-state index contributed by atoms with van der Waals surface area (Å²) in [5.74, 6) is 1.85. The van der Waals surface area contributed by atoms with Crippen LogP contribution in [0.25, 0.3) is 106 Å². The second kappa shape index (κ2) is 13.0. The number of aromatic nitrogens is 4. The Labute approximate surface area is 322 Å². The zero-order valence-corrected chi connectivity index (χ0v) is 30.2. The third kappa shape index (κ3) is 5.29. The molecule has 56 heavy (non-hydrogen) atoms. The van der Waals surface area contributed by atoms with E-state index < -0.39 is 0 Å². The van der Waals surface area contributed by atoms with Crippen LogP contribution in [0.5, 0.6) is 0 Å². The third-order valence-corrected chi connectivity index (χ3v) is 10.7. The maximum Gasteiger partial charge on any atom is 0.164 e. The van der Waals surface area contributed by atoms with Gasteiger partial charge in [-0.05, 0) is 64.7 Å². The van der Waals surface area contributed by atoms with Crippen molar-refractivity contribution in [2.75, 3.05) is 0 Å². The van der Waals surface area contributed by atoms with Gasteiger partial charge < -0.3 is 8.98 Å². The van der Waals surface area contributed by atoms with Crippen molar-refractivity contribution in [3.05, 3.63) is 194 Å². The molecule has 0 aliphatic heterocycles. The molecule has 0 atom stereocenters. The summed E-state index contributed by atoms with van der Waals surface area (Å²) in [6.45, 7) is 0. The summed E-state index contributed by atoms with van der Waals surface area (Å²) in [5, 5.41) is 4.49. The predicted molar refractivity (Wildman–Crippen MR) is 229 cm³/mol. The lowest BCUT2D eigenvalue weighted by Crippen LogP contribution is -2.01. The minimum Gasteiger partial charge on any atom is -0.456 e. The van der Waals surface area contributed by atoms with Gasteiger partial charge in [0.2, 0.25) is 0 Å². The molecule has 0 unspecified atom stereocenters. The van der Waals surface area contributed by atoms with E-state index in [-0.39, 0.29) is 0 Å². The predicted octanol–water partition coefficient (Wildman–Crippen LogP) is 13.2. The van der Waals surface area contributed by atoms with Gasteiger partial charge in [-0.1, -0.05) is 146 Å². The van der Waals surface area contributed by atoms with E-state index in [2.05, 4.69) is 144 Å². The summed E-state index contributed by atoms with van der Waals surface area (Å²) in [6.07, 6.45) is 0. The van der Waals surface area contributed by atoms with E-state index in [9.17, 15) is 0 Å². The first-order valence-electron chi connectivity index (χ1n) is 18.8. The highest BCUT2D eigenvalue weighted by molar-refractivity contribution is 6.16. The van der Waals surface area contributed by atoms with Crippen molar-refractivity contribution in [1.29, 1.82) is 0 Å². The van der Waals surface area contributed by atoms with Gasteiger partial charge in [-0.25, -0.2) is 15.0 Å². The van der Waals surface area contributed by atoms with Gasteiger partial charge in [0.15, 0.2) is 17.5 Å². The maximum atomic E-state index is 6.58. The minimum atomic E-state index is 0.601. The summed E-state index contributed by atoms with van der Waals surface area (Å²) < 4.78 is 8.93. The molecular weight excluding hydrogens is 685 g/mol. The summed E-state index contributed by atoms with van der Waals surface area (Å²) in [6, 6.07) is 67.3. The van der Waals surface area contributed by atoms with E-state index in [0.29, 0.717) is 17.5 Å². The first kappa shape index (κ1) is 31.9. The van der Waals surface area contributed by atoms with Crippen molar-refractivity contribution in [1.82, 2.24) is 19.5 Å². The SMILES string of the molecule is c1ccc(-c2nc(-c3ccc4oc5cc(-n6c7ccccc7c7c(-c8ccccc8)cccc76)ccc5c4c3)nc(-c3ccccc3-c3ccccc3)n2)cc1. The lowest BCUT2D eigenvalue weighted by molar-refractivity contribution is 0.668. The van der Waals surface area contributed by atoms with Crippen LogP contribution >= 0.6 is 0 Å². The molecule has 0 amide bonds. The van der Waals surface area contributed by atoms with Crippen molar-refractivity contribution < 1.29 is 4.42 Å². The molecule has 3 heterocycles. The average molecular weight is 717 g/mol. The quantitative estimate of drug-likeness (QED) is 0.172. The topological polar surface area (TPSA) is 56.7 Å². The molecule has 0 aliphatic carbocycles. The number of para-hydroxylation sites is 1. The second-order valence-corrected chi connectivity index (χ2v) is 14.0. The van der Waals surface area contributed by atoms with Crippen molar-refractivity contribution in [3.8, 4) is 62.1 Å². The van der Waals surface area contributed by atoms with Crippen LogP contribution in [0.2, 0.25) is 0 Å². The Morgan fingerprint density at radius 2 is 0.929 bits per heavy atom. The van der Waals surface area contributed by atoms with Gasteiger partial charge in [0, 0.05) is 50.0 Å². The van der Waals surface area contributed by atoms with Crippen molar-refractivity contribution in [2.24, 2.45) is 0 Å². The van der Waals surface area contributed by atoms with E-state index >= 15 is 0 Å². The Morgan fingerprint density at radius 1 is 0.339 bits per heavy atom. The molecule has 0 bridgehead atoms. The molecule has 8 aromatic carbocycles. The van der Waals surface area contributed by atoms with Crippen LogP contribution in [-0.2, 0) is 0 Å². The molecular formula is C51H32N4O. The van der Waals surface area contributed by atoms with Gasteiger partial charge in [0.25, 0.3) is 0 Å². The zero-order valence-electron chi connectivity index (χ0n) is 30.2. The fourth-order valence-corrected chi connectivity index (χ4v) is 8.09. The highest BCUT2D eigenvalue weighted by atomic mass is 16.3. The van der Waals surface area contributed by atoms with Crippen LogP contribution in [0.3, 0.4) is 0 Å². The van der Waals surface area contributed by atoms with Crippen LogP contribution in [0.15, 0.2) is 199 Å². The lowest BCUT2D eigenvalue weighted by atomic mass is 9.99. The van der Waals surface area contributed by atoms with Crippen LogP contribution in [0.4, 0.5) is 0 Å². The molecule has 0 aliphatic rings. The molecule has 0 radical (unpaired) electrons. The Morgan fingerprint density at radius 3 is 1.70 bits per heavy atom. The number of hydrogen-bond acceptors (Lipinski definition) is 4. The number of rotatable bonds is 6. The van der Waals surface area contributed by atoms with Crippen LogP contribution in [0, 0.1) is 0 Å². The Balaban J connectivity index is 1.06. The zero-order chi connectivity index (χ0) is 37.0. The van der Waals surface area contributed by atoms with Gasteiger partial charge >= 0.3 is 0 Å². The molecule has 0 saturated heterocycles. The van der Waals surface area contributed by atoms with Crippen LogP contribution in [-0.4, -0.2) is 19.5 Å². The van der Waals surface area contributed by atoms with E-state index in [1.54, 1.807) is 0 Å². The Bertz CT molecular complexity index is 3240. The fourth-order valence-electron chi connectivity index (χ4n) is 8.09. The van der Waals surface area contributed by atoms with Gasteiger partial charge in [-0.3, -0.25) is 0 Å². The molecule has 11 rings (SSSR count). The number of furan rings is 1. The number of benzene rings is 8. The summed E-state index contributed by atoms with van der Waals surface area (Å²) in [4.78, 5) is 15.2. The normalized spacial score (nSPS) is 11.6. The monoisotopic (exact) mass is 716 g/mol. The number of hydrogen-bond donors (Lipinski definition) is 0. The van der Waals surface area contributed by atoms with Gasteiger partial charge in [-0.2, -0.15) is 0 Å². The third-order valence-electron chi connectivity index (χ3n) is 10.7. The summed E-state index contributed by atoms with van der Waals surface area (Å²) in [5.41, 5.74) is 12.3. The van der Waals surface area contributed by atoms with E-state index in [0.717, 1.165) is 66.5 Å². The summed E-state index contributed by atoms with van der Waals surface area (Å²) in [7, 11) is 0. The molecule has 5 nitrogen and oxygen atoms in total. The van der Waals surface area contributed by atoms with Crippen LogP contribution in [0.1, 0.15) is 0 Å². The minimum absolute atomic E-state index is 0.601. The smallest absolute Gasteiger partial charge is 0.164 e. The molecule has 0 saturated carbocycles. The Kier molecular flexibility index (Phi) is 7.42. The fraction of sp³-hybridized carbons (Fsp3) is 0. The van der Waals surface area contributed by atoms with Gasteiger partial charge in [0.1, 0.15) is 11.2 Å². The maximum absolute atomic E-state index is 6.58. The van der Waals surface area contributed by atoms with E-state index in [1.807, 2.05) is 54.6 Å². The highest BCUT2D eigenvalue weighted by Gasteiger charge is 2.19. The molecule has 0 spiro atoms. The van der Waals surface area contributed by atoms with E-state index in [1.165, 1.54) is 21.9 Å². The van der Waals surface area contributed by atoms with Crippen LogP contribution < -0.4 is 0 Å². The average Bonchev–Trinajstić information content (AvgIpc) is 3.82. The molecule has 5 heteroatoms. The van der Waals surface area contributed by atoms with Gasteiger partial charge in [-0.15, -0.1) is 0 Å². The molecule has 262 valence electrons. The van der Waals surface area contributed by atoms with Crippen molar-refractivity contribution in [3.63, 3.8) is 0 Å². The molecule has 3 aromatic heterocycles. The Hall–Kier alpha value is -7.63.